The highest BCUT2D eigenvalue weighted by atomic mass is 32.1. The molecule has 0 aromatic carbocycles. The zero-order valence-electron chi connectivity index (χ0n) is 11.5. The van der Waals surface area contributed by atoms with E-state index in [9.17, 15) is 0 Å². The summed E-state index contributed by atoms with van der Waals surface area (Å²) in [6.45, 7) is 10.5. The number of nitrogens with zero attached hydrogens (tertiary/aromatic N) is 2. The number of rotatable bonds is 5. The lowest BCUT2D eigenvalue weighted by molar-refractivity contribution is 0.677. The first-order valence-electron chi connectivity index (χ1n) is 6.37. The third kappa shape index (κ3) is 3.35. The van der Waals surface area contributed by atoms with Crippen LogP contribution in [-0.4, -0.2) is 16.1 Å². The average Bonchev–Trinajstić information content (AvgIpc) is 2.83. The van der Waals surface area contributed by atoms with E-state index in [-0.39, 0.29) is 0 Å². The summed E-state index contributed by atoms with van der Waals surface area (Å²) in [6, 6.07) is 4.37. The summed E-state index contributed by atoms with van der Waals surface area (Å²) >= 11 is 1.85. The second-order valence-corrected chi connectivity index (χ2v) is 6.49. The number of imidazole rings is 1. The van der Waals surface area contributed by atoms with Crippen molar-refractivity contribution in [1.82, 2.24) is 9.55 Å². The number of hydrogen-bond donors (Lipinski definition) is 1. The van der Waals surface area contributed by atoms with Crippen LogP contribution in [0.3, 0.4) is 0 Å². The first-order valence-corrected chi connectivity index (χ1v) is 7.19. The van der Waals surface area contributed by atoms with Gasteiger partial charge in [0.15, 0.2) is 0 Å². The van der Waals surface area contributed by atoms with E-state index >= 15 is 0 Å². The van der Waals surface area contributed by atoms with Crippen LogP contribution in [-0.2, 0) is 6.54 Å². The van der Waals surface area contributed by atoms with Crippen molar-refractivity contribution in [3.05, 3.63) is 33.8 Å². The molecule has 1 N–H and O–H groups in total. The SMILES string of the molecule is Cc1cn(Cc2ccc(C)s2)c(NCC(C)C)n1. The second-order valence-electron chi connectivity index (χ2n) is 5.12. The molecule has 0 radical (unpaired) electrons. The van der Waals surface area contributed by atoms with E-state index < -0.39 is 0 Å². The standard InChI is InChI=1S/C14H21N3S/c1-10(2)7-15-14-16-11(3)8-17(14)9-13-6-5-12(4)18-13/h5-6,8,10H,7,9H2,1-4H3,(H,15,16). The van der Waals surface area contributed by atoms with Gasteiger partial charge in [-0.1, -0.05) is 13.8 Å². The zero-order valence-corrected chi connectivity index (χ0v) is 12.3. The molecular formula is C14H21N3S. The van der Waals surface area contributed by atoms with Crippen LogP contribution in [0.4, 0.5) is 5.95 Å². The summed E-state index contributed by atoms with van der Waals surface area (Å²) in [4.78, 5) is 7.27. The van der Waals surface area contributed by atoms with Gasteiger partial charge in [-0.15, -0.1) is 11.3 Å². The Kier molecular flexibility index (Phi) is 4.07. The first-order chi connectivity index (χ1) is 8.54. The fourth-order valence-corrected chi connectivity index (χ4v) is 2.73. The largest absolute Gasteiger partial charge is 0.355 e. The maximum atomic E-state index is 4.54. The lowest BCUT2D eigenvalue weighted by atomic mass is 10.2. The molecule has 0 bridgehead atoms. The van der Waals surface area contributed by atoms with E-state index in [0.29, 0.717) is 5.92 Å². The minimum Gasteiger partial charge on any atom is -0.355 e. The number of aryl methyl sites for hydroxylation is 2. The Morgan fingerprint density at radius 2 is 2.11 bits per heavy atom. The van der Waals surface area contributed by atoms with Gasteiger partial charge in [-0.3, -0.25) is 0 Å². The predicted molar refractivity (Wildman–Crippen MR) is 78.4 cm³/mol. The smallest absolute Gasteiger partial charge is 0.203 e. The van der Waals surface area contributed by atoms with Crippen LogP contribution in [0.25, 0.3) is 0 Å². The van der Waals surface area contributed by atoms with Gasteiger partial charge in [0.25, 0.3) is 0 Å². The van der Waals surface area contributed by atoms with Crippen LogP contribution in [0.5, 0.6) is 0 Å². The van der Waals surface area contributed by atoms with Gasteiger partial charge in [-0.25, -0.2) is 4.98 Å². The van der Waals surface area contributed by atoms with E-state index in [1.54, 1.807) is 0 Å². The van der Waals surface area contributed by atoms with Gasteiger partial charge in [-0.05, 0) is 31.9 Å². The summed E-state index contributed by atoms with van der Waals surface area (Å²) in [5.41, 5.74) is 1.06. The van der Waals surface area contributed by atoms with Crippen LogP contribution in [0.1, 0.15) is 29.3 Å². The van der Waals surface area contributed by atoms with Crippen molar-refractivity contribution in [1.29, 1.82) is 0 Å². The van der Waals surface area contributed by atoms with Gasteiger partial charge in [0.1, 0.15) is 0 Å². The van der Waals surface area contributed by atoms with Gasteiger partial charge in [-0.2, -0.15) is 0 Å². The molecule has 0 amide bonds. The van der Waals surface area contributed by atoms with E-state index in [2.05, 4.69) is 54.0 Å². The molecule has 0 saturated heterocycles. The number of hydrogen-bond acceptors (Lipinski definition) is 3. The quantitative estimate of drug-likeness (QED) is 0.892. The highest BCUT2D eigenvalue weighted by Crippen LogP contribution is 2.19. The molecule has 4 heteroatoms. The van der Waals surface area contributed by atoms with E-state index in [4.69, 9.17) is 0 Å². The number of nitrogens with one attached hydrogen (secondary N) is 1. The lowest BCUT2D eigenvalue weighted by Crippen LogP contribution is -2.12. The molecule has 0 aliphatic heterocycles. The molecule has 2 aromatic rings. The fraction of sp³-hybridized carbons (Fsp3) is 0.500. The van der Waals surface area contributed by atoms with Crippen LogP contribution in [0.2, 0.25) is 0 Å². The van der Waals surface area contributed by atoms with Gasteiger partial charge < -0.3 is 9.88 Å². The van der Waals surface area contributed by atoms with Crippen molar-refractivity contribution >= 4 is 17.3 Å². The summed E-state index contributed by atoms with van der Waals surface area (Å²) < 4.78 is 2.20. The Hall–Kier alpha value is -1.29. The minimum absolute atomic E-state index is 0.624. The molecule has 0 aliphatic rings. The van der Waals surface area contributed by atoms with E-state index in [0.717, 1.165) is 24.7 Å². The molecule has 0 saturated carbocycles. The molecule has 0 atom stereocenters. The summed E-state index contributed by atoms with van der Waals surface area (Å²) in [7, 11) is 0. The highest BCUT2D eigenvalue weighted by Gasteiger charge is 2.07. The lowest BCUT2D eigenvalue weighted by Gasteiger charge is -2.10. The molecule has 0 spiro atoms. The monoisotopic (exact) mass is 263 g/mol. The number of aromatic nitrogens is 2. The minimum atomic E-state index is 0.624. The Bertz CT molecular complexity index is 511. The molecule has 0 unspecified atom stereocenters. The van der Waals surface area contributed by atoms with Crippen LogP contribution in [0.15, 0.2) is 18.3 Å². The Balaban J connectivity index is 2.11. The van der Waals surface area contributed by atoms with Crippen LogP contribution >= 0.6 is 11.3 Å². The average molecular weight is 263 g/mol. The number of anilines is 1. The third-order valence-corrected chi connectivity index (χ3v) is 3.67. The topological polar surface area (TPSA) is 29.9 Å². The fourth-order valence-electron chi connectivity index (χ4n) is 1.84. The third-order valence-electron chi connectivity index (χ3n) is 2.69. The summed E-state index contributed by atoms with van der Waals surface area (Å²) in [6.07, 6.45) is 2.11. The molecule has 18 heavy (non-hydrogen) atoms. The van der Waals surface area contributed by atoms with Crippen LogP contribution < -0.4 is 5.32 Å². The van der Waals surface area contributed by atoms with Crippen molar-refractivity contribution in [2.45, 2.75) is 34.2 Å². The second kappa shape index (κ2) is 5.57. The number of thiophene rings is 1. The predicted octanol–water partition coefficient (Wildman–Crippen LogP) is 3.68. The normalized spacial score (nSPS) is 11.2. The highest BCUT2D eigenvalue weighted by molar-refractivity contribution is 7.11. The van der Waals surface area contributed by atoms with Crippen molar-refractivity contribution in [3.8, 4) is 0 Å². The first kappa shape index (κ1) is 13.1. The van der Waals surface area contributed by atoms with Crippen LogP contribution in [0, 0.1) is 19.8 Å². The summed E-state index contributed by atoms with van der Waals surface area (Å²) in [5.74, 6) is 1.60. The molecule has 98 valence electrons. The molecule has 2 rings (SSSR count). The molecule has 0 aliphatic carbocycles. The van der Waals surface area contributed by atoms with E-state index in [1.807, 2.05) is 18.3 Å². The summed E-state index contributed by atoms with van der Waals surface area (Å²) in [5, 5.41) is 3.42. The Labute approximate surface area is 113 Å². The zero-order chi connectivity index (χ0) is 13.1. The van der Waals surface area contributed by atoms with Gasteiger partial charge in [0.2, 0.25) is 5.95 Å². The Morgan fingerprint density at radius 1 is 1.33 bits per heavy atom. The van der Waals surface area contributed by atoms with Gasteiger partial charge >= 0.3 is 0 Å². The van der Waals surface area contributed by atoms with Gasteiger partial charge in [0, 0.05) is 22.5 Å². The maximum Gasteiger partial charge on any atom is 0.203 e. The molecule has 2 heterocycles. The van der Waals surface area contributed by atoms with Gasteiger partial charge in [0.05, 0.1) is 12.2 Å². The molecule has 2 aromatic heterocycles. The molecule has 3 nitrogen and oxygen atoms in total. The molecular weight excluding hydrogens is 242 g/mol. The Morgan fingerprint density at radius 3 is 2.72 bits per heavy atom. The maximum absolute atomic E-state index is 4.54. The van der Waals surface area contributed by atoms with Crippen molar-refractivity contribution in [3.63, 3.8) is 0 Å². The van der Waals surface area contributed by atoms with Crippen molar-refractivity contribution in [2.24, 2.45) is 5.92 Å². The van der Waals surface area contributed by atoms with Crippen molar-refractivity contribution < 1.29 is 0 Å². The van der Waals surface area contributed by atoms with Crippen molar-refractivity contribution in [2.75, 3.05) is 11.9 Å². The van der Waals surface area contributed by atoms with E-state index in [1.165, 1.54) is 9.75 Å². The molecule has 0 fully saturated rings.